The summed E-state index contributed by atoms with van der Waals surface area (Å²) in [5, 5.41) is 8.81. The Bertz CT molecular complexity index is 660. The maximum atomic E-state index is 13.0. The molecule has 0 aliphatic heterocycles. The van der Waals surface area contributed by atoms with E-state index in [1.165, 1.54) is 19.1 Å². The summed E-state index contributed by atoms with van der Waals surface area (Å²) in [6, 6.07) is 13.3. The maximum Gasteiger partial charge on any atom is 0.331 e. The number of carboxylic acid groups (broad SMARTS) is 1. The van der Waals surface area contributed by atoms with Gasteiger partial charge in [0, 0.05) is 5.57 Å². The number of rotatable bonds is 5. The lowest BCUT2D eigenvalue weighted by molar-refractivity contribution is -0.132. The van der Waals surface area contributed by atoms with Crippen LogP contribution in [0.2, 0.25) is 0 Å². The smallest absolute Gasteiger partial charge is 0.331 e. The lowest BCUT2D eigenvalue weighted by Gasteiger charge is -2.06. The van der Waals surface area contributed by atoms with Crippen LogP contribution in [0.1, 0.15) is 18.1 Å². The molecule has 2 rings (SSSR count). The zero-order valence-electron chi connectivity index (χ0n) is 11.5. The fourth-order valence-electron chi connectivity index (χ4n) is 1.77. The van der Waals surface area contributed by atoms with Gasteiger partial charge >= 0.3 is 5.97 Å². The molecule has 0 saturated heterocycles. The second-order valence-electron chi connectivity index (χ2n) is 4.62. The predicted octanol–water partition coefficient (Wildman–Crippen LogP) is 3.89. The van der Waals surface area contributed by atoms with Crippen LogP contribution in [0.15, 0.2) is 54.1 Å². The topological polar surface area (TPSA) is 46.5 Å². The molecule has 0 saturated carbocycles. The minimum Gasteiger partial charge on any atom is -0.489 e. The van der Waals surface area contributed by atoms with E-state index in [0.717, 1.165) is 11.1 Å². The van der Waals surface area contributed by atoms with Crippen molar-refractivity contribution in [1.82, 2.24) is 0 Å². The number of carboxylic acids is 1. The monoisotopic (exact) mass is 286 g/mol. The van der Waals surface area contributed by atoms with Gasteiger partial charge in [-0.2, -0.15) is 0 Å². The normalized spacial score (nSPS) is 11.2. The quantitative estimate of drug-likeness (QED) is 0.848. The Morgan fingerprint density at radius 3 is 2.57 bits per heavy atom. The fraction of sp³-hybridized carbons (Fsp3) is 0.118. The van der Waals surface area contributed by atoms with Gasteiger partial charge in [0.05, 0.1) is 0 Å². The van der Waals surface area contributed by atoms with E-state index in [-0.39, 0.29) is 18.0 Å². The second kappa shape index (κ2) is 6.70. The Balaban J connectivity index is 2.00. The summed E-state index contributed by atoms with van der Waals surface area (Å²) >= 11 is 0. The van der Waals surface area contributed by atoms with Gasteiger partial charge in [0.25, 0.3) is 0 Å². The van der Waals surface area contributed by atoms with Crippen molar-refractivity contribution >= 4 is 12.0 Å². The van der Waals surface area contributed by atoms with E-state index in [4.69, 9.17) is 9.84 Å². The second-order valence-corrected chi connectivity index (χ2v) is 4.62. The van der Waals surface area contributed by atoms with Gasteiger partial charge in [-0.25, -0.2) is 9.18 Å². The van der Waals surface area contributed by atoms with Crippen molar-refractivity contribution in [2.24, 2.45) is 0 Å². The van der Waals surface area contributed by atoms with E-state index < -0.39 is 5.97 Å². The standard InChI is InChI=1S/C17H15FO3/c1-12(17(19)20)9-13-5-7-16(8-6-13)21-11-14-3-2-4-15(18)10-14/h2-10H,11H2,1H3,(H,19,20). The molecule has 0 unspecified atom stereocenters. The zero-order chi connectivity index (χ0) is 15.2. The molecule has 3 nitrogen and oxygen atoms in total. The van der Waals surface area contributed by atoms with E-state index in [1.807, 2.05) is 0 Å². The highest BCUT2D eigenvalue weighted by Gasteiger charge is 2.01. The molecule has 1 N–H and O–H groups in total. The van der Waals surface area contributed by atoms with E-state index in [9.17, 15) is 9.18 Å². The molecule has 0 heterocycles. The number of hydrogen-bond donors (Lipinski definition) is 1. The van der Waals surface area contributed by atoms with Gasteiger partial charge in [-0.15, -0.1) is 0 Å². The minimum atomic E-state index is -0.943. The first-order chi connectivity index (χ1) is 10.0. The van der Waals surface area contributed by atoms with E-state index in [1.54, 1.807) is 42.5 Å². The third-order valence-electron chi connectivity index (χ3n) is 2.90. The van der Waals surface area contributed by atoms with Crippen molar-refractivity contribution in [3.63, 3.8) is 0 Å². The fourth-order valence-corrected chi connectivity index (χ4v) is 1.77. The Hall–Kier alpha value is -2.62. The number of halogens is 1. The average Bonchev–Trinajstić information content (AvgIpc) is 2.46. The van der Waals surface area contributed by atoms with Crippen molar-refractivity contribution in [2.75, 3.05) is 0 Å². The molecule has 0 aromatic heterocycles. The molecule has 0 bridgehead atoms. The van der Waals surface area contributed by atoms with Crippen LogP contribution >= 0.6 is 0 Å². The summed E-state index contributed by atoms with van der Waals surface area (Å²) in [5.74, 6) is -0.591. The van der Waals surface area contributed by atoms with Crippen LogP contribution in [0.4, 0.5) is 4.39 Å². The molecule has 108 valence electrons. The number of benzene rings is 2. The molecule has 0 aliphatic rings. The number of ether oxygens (including phenoxy) is 1. The molecule has 0 aliphatic carbocycles. The molecule has 2 aromatic rings. The highest BCUT2D eigenvalue weighted by atomic mass is 19.1. The third kappa shape index (κ3) is 4.45. The summed E-state index contributed by atoms with van der Waals surface area (Å²) < 4.78 is 18.6. The first-order valence-corrected chi connectivity index (χ1v) is 6.43. The highest BCUT2D eigenvalue weighted by molar-refractivity contribution is 5.91. The first kappa shape index (κ1) is 14.8. The van der Waals surface area contributed by atoms with Gasteiger partial charge < -0.3 is 9.84 Å². The third-order valence-corrected chi connectivity index (χ3v) is 2.90. The summed E-state index contributed by atoms with van der Waals surface area (Å²) in [6.07, 6.45) is 1.58. The van der Waals surface area contributed by atoms with Crippen molar-refractivity contribution in [3.05, 3.63) is 71.0 Å². The molecule has 0 radical (unpaired) electrons. The van der Waals surface area contributed by atoms with E-state index in [0.29, 0.717) is 5.75 Å². The average molecular weight is 286 g/mol. The Kier molecular flexibility index (Phi) is 4.72. The Morgan fingerprint density at radius 2 is 1.95 bits per heavy atom. The Morgan fingerprint density at radius 1 is 1.24 bits per heavy atom. The summed E-state index contributed by atoms with van der Waals surface area (Å²) in [5.41, 5.74) is 1.80. The molecule has 2 aromatic carbocycles. The van der Waals surface area contributed by atoms with E-state index in [2.05, 4.69) is 0 Å². The molecule has 21 heavy (non-hydrogen) atoms. The lowest BCUT2D eigenvalue weighted by Crippen LogP contribution is -1.96. The summed E-state index contributed by atoms with van der Waals surface area (Å²) in [7, 11) is 0. The lowest BCUT2D eigenvalue weighted by atomic mass is 10.1. The van der Waals surface area contributed by atoms with Gasteiger partial charge in [-0.05, 0) is 48.4 Å². The molecule has 0 fully saturated rings. The predicted molar refractivity (Wildman–Crippen MR) is 78.5 cm³/mol. The van der Waals surface area contributed by atoms with Crippen LogP contribution in [0.25, 0.3) is 6.08 Å². The van der Waals surface area contributed by atoms with Crippen LogP contribution in [0.5, 0.6) is 5.75 Å². The van der Waals surface area contributed by atoms with Crippen LogP contribution in [-0.2, 0) is 11.4 Å². The molecular formula is C17H15FO3. The van der Waals surface area contributed by atoms with Crippen LogP contribution in [0.3, 0.4) is 0 Å². The summed E-state index contributed by atoms with van der Waals surface area (Å²) in [6.45, 7) is 1.82. The molecule has 0 amide bonds. The summed E-state index contributed by atoms with van der Waals surface area (Å²) in [4.78, 5) is 10.7. The van der Waals surface area contributed by atoms with E-state index >= 15 is 0 Å². The molecule has 0 spiro atoms. The van der Waals surface area contributed by atoms with Crippen LogP contribution in [0, 0.1) is 5.82 Å². The minimum absolute atomic E-state index is 0.267. The highest BCUT2D eigenvalue weighted by Crippen LogP contribution is 2.16. The van der Waals surface area contributed by atoms with Crippen molar-refractivity contribution < 1.29 is 19.0 Å². The molecular weight excluding hydrogens is 271 g/mol. The number of carbonyl (C=O) groups is 1. The zero-order valence-corrected chi connectivity index (χ0v) is 11.5. The van der Waals surface area contributed by atoms with Gasteiger partial charge in [0.15, 0.2) is 0 Å². The molecule has 0 atom stereocenters. The van der Waals surface area contributed by atoms with Gasteiger partial charge in [0.1, 0.15) is 18.2 Å². The van der Waals surface area contributed by atoms with Crippen molar-refractivity contribution in [3.8, 4) is 5.75 Å². The van der Waals surface area contributed by atoms with Crippen molar-refractivity contribution in [1.29, 1.82) is 0 Å². The molecule has 4 heteroatoms. The maximum absolute atomic E-state index is 13.0. The number of hydrogen-bond acceptors (Lipinski definition) is 2. The Labute approximate surface area is 122 Å². The van der Waals surface area contributed by atoms with Gasteiger partial charge in [-0.1, -0.05) is 24.3 Å². The van der Waals surface area contributed by atoms with Gasteiger partial charge in [0.2, 0.25) is 0 Å². The SMILES string of the molecule is CC(=Cc1ccc(OCc2cccc(F)c2)cc1)C(=O)O. The van der Waals surface area contributed by atoms with Crippen molar-refractivity contribution in [2.45, 2.75) is 13.5 Å². The van der Waals surface area contributed by atoms with Crippen LogP contribution in [-0.4, -0.2) is 11.1 Å². The van der Waals surface area contributed by atoms with Crippen LogP contribution < -0.4 is 4.74 Å². The first-order valence-electron chi connectivity index (χ1n) is 6.43. The van der Waals surface area contributed by atoms with Gasteiger partial charge in [-0.3, -0.25) is 0 Å². The number of aliphatic carboxylic acids is 1. The largest absolute Gasteiger partial charge is 0.489 e.